The first-order chi connectivity index (χ1) is 3.80. The van der Waals surface area contributed by atoms with Crippen molar-refractivity contribution in [3.8, 4) is 0 Å². The van der Waals surface area contributed by atoms with E-state index >= 15 is 0 Å². The van der Waals surface area contributed by atoms with Crippen molar-refractivity contribution >= 4 is 0 Å². The number of rotatable bonds is 0. The zero-order chi connectivity index (χ0) is 5.98. The summed E-state index contributed by atoms with van der Waals surface area (Å²) in [4.78, 5) is 0. The van der Waals surface area contributed by atoms with E-state index in [0.29, 0.717) is 0 Å². The summed E-state index contributed by atoms with van der Waals surface area (Å²) in [7, 11) is 1.66. The Labute approximate surface area is 52.1 Å². The molecule has 0 fully saturated rings. The first-order valence-corrected chi connectivity index (χ1v) is 2.41. The highest BCUT2D eigenvalue weighted by Crippen LogP contribution is 1.83. The van der Waals surface area contributed by atoms with E-state index in [9.17, 15) is 4.39 Å². The highest BCUT2D eigenvalue weighted by Gasteiger charge is 1.97. The van der Waals surface area contributed by atoms with Crippen LogP contribution in [0.1, 0.15) is 0 Å². The van der Waals surface area contributed by atoms with Crippen LogP contribution in [-0.4, -0.2) is 0 Å². The zero-order valence-corrected chi connectivity index (χ0v) is 5.01. The van der Waals surface area contributed by atoms with Crippen LogP contribution in [0.4, 0.5) is 4.39 Å². The molecule has 0 bridgehead atoms. The molecule has 0 atom stereocenters. The van der Waals surface area contributed by atoms with Crippen LogP contribution in [0.5, 0.6) is 0 Å². The molecule has 1 heterocycles. The first-order valence-electron chi connectivity index (χ1n) is 2.41. The predicted octanol–water partition coefficient (Wildman–Crippen LogP) is -2.35. The van der Waals surface area contributed by atoms with Crippen molar-refractivity contribution in [1.82, 2.24) is 0 Å². The summed E-state index contributed by atoms with van der Waals surface area (Å²) in [6.07, 6.45) is 1.66. The van der Waals surface area contributed by atoms with E-state index in [4.69, 9.17) is 0 Å². The second kappa shape index (κ2) is 3.12. The van der Waals surface area contributed by atoms with Crippen LogP contribution in [0, 0.1) is 5.95 Å². The summed E-state index contributed by atoms with van der Waals surface area (Å²) >= 11 is 0. The van der Waals surface area contributed by atoms with Crippen LogP contribution in [0.3, 0.4) is 0 Å². The number of hydrogen-bond donors (Lipinski definition) is 0. The van der Waals surface area contributed by atoms with Gasteiger partial charge in [-0.3, -0.25) is 0 Å². The first kappa shape index (κ1) is 8.01. The van der Waals surface area contributed by atoms with E-state index in [-0.39, 0.29) is 10.7 Å². The van der Waals surface area contributed by atoms with E-state index in [1.165, 1.54) is 10.6 Å². The van der Waals surface area contributed by atoms with Crippen molar-refractivity contribution in [2.75, 3.05) is 0 Å². The summed E-state index contributed by atoms with van der Waals surface area (Å²) in [6, 6.07) is 4.86. The number of halogens is 2. The molecule has 3 heteroatoms. The number of nitrogens with zero attached hydrogens (tertiary/aromatic N) is 1. The van der Waals surface area contributed by atoms with Crippen LogP contribution in [0.2, 0.25) is 0 Å². The maximum Gasteiger partial charge on any atom is 0.359 e. The van der Waals surface area contributed by atoms with Crippen molar-refractivity contribution < 1.29 is 13.7 Å². The molecule has 0 radical (unpaired) electrons. The monoisotopic (exact) mass is 131 g/mol. The van der Waals surface area contributed by atoms with Crippen molar-refractivity contribution in [3.63, 3.8) is 0 Å². The number of aromatic nitrogens is 1. The Balaban J connectivity index is 0.000000640. The van der Waals surface area contributed by atoms with Gasteiger partial charge in [-0.15, -0.1) is 4.39 Å². The molecule has 0 N–H and O–H groups in total. The van der Waals surface area contributed by atoms with Gasteiger partial charge in [0, 0.05) is 12.1 Å². The topological polar surface area (TPSA) is 3.88 Å². The summed E-state index contributed by atoms with van der Waals surface area (Å²) in [5.41, 5.74) is 0. The van der Waals surface area contributed by atoms with Gasteiger partial charge in [0.05, 0.1) is 0 Å². The molecular formula is C6H7F2N. The Morgan fingerprint density at radius 1 is 1.44 bits per heavy atom. The Kier molecular flexibility index (Phi) is 2.78. The van der Waals surface area contributed by atoms with Gasteiger partial charge >= 0.3 is 5.95 Å². The van der Waals surface area contributed by atoms with E-state index in [1.54, 1.807) is 25.4 Å². The van der Waals surface area contributed by atoms with Crippen molar-refractivity contribution in [1.29, 1.82) is 0 Å². The van der Waals surface area contributed by atoms with Gasteiger partial charge in [-0.1, -0.05) is 0 Å². The number of hydrogen-bond acceptors (Lipinski definition) is 0. The standard InChI is InChI=1S/C6H7FN.FH/c1-8-5-3-2-4-6(8)7;/h2-5H,1H3;1H/q+1;/p-1. The maximum atomic E-state index is 12.3. The average Bonchev–Trinajstić information content (AvgIpc) is 1.77. The maximum absolute atomic E-state index is 12.3. The van der Waals surface area contributed by atoms with Crippen LogP contribution in [-0.2, 0) is 7.05 Å². The van der Waals surface area contributed by atoms with Gasteiger partial charge in [-0.25, -0.2) is 0 Å². The third-order valence-corrected chi connectivity index (χ3v) is 0.991. The molecule has 0 saturated carbocycles. The van der Waals surface area contributed by atoms with Gasteiger partial charge < -0.3 is 4.70 Å². The minimum Gasteiger partial charge on any atom is -1.00 e. The van der Waals surface area contributed by atoms with E-state index in [2.05, 4.69) is 0 Å². The fourth-order valence-electron chi connectivity index (χ4n) is 0.503. The molecule has 0 amide bonds. The Hall–Kier alpha value is -0.990. The van der Waals surface area contributed by atoms with Gasteiger partial charge in [-0.05, 0) is 6.07 Å². The molecule has 0 saturated heterocycles. The van der Waals surface area contributed by atoms with Gasteiger partial charge in [-0.2, -0.15) is 4.57 Å². The van der Waals surface area contributed by atoms with Crippen LogP contribution in [0.25, 0.3) is 0 Å². The smallest absolute Gasteiger partial charge is 0.359 e. The second-order valence-corrected chi connectivity index (χ2v) is 1.63. The molecule has 1 aromatic heterocycles. The van der Waals surface area contributed by atoms with Gasteiger partial charge in [0.25, 0.3) is 0 Å². The molecule has 0 unspecified atom stereocenters. The molecule has 0 aliphatic rings. The fourth-order valence-corrected chi connectivity index (χ4v) is 0.503. The molecule has 0 aromatic carbocycles. The van der Waals surface area contributed by atoms with Crippen LogP contribution in [0.15, 0.2) is 24.4 Å². The van der Waals surface area contributed by atoms with E-state index in [1.807, 2.05) is 0 Å². The lowest BCUT2D eigenvalue weighted by Gasteiger charge is -1.83. The van der Waals surface area contributed by atoms with Gasteiger partial charge in [0.1, 0.15) is 7.05 Å². The second-order valence-electron chi connectivity index (χ2n) is 1.63. The quantitative estimate of drug-likeness (QED) is 0.274. The van der Waals surface area contributed by atoms with Gasteiger partial charge in [0.15, 0.2) is 6.20 Å². The SMILES string of the molecule is C[n+]1ccccc1F.[F-]. The Morgan fingerprint density at radius 2 is 2.11 bits per heavy atom. The molecule has 0 aliphatic carbocycles. The minimum atomic E-state index is -0.215. The third kappa shape index (κ3) is 1.76. The lowest BCUT2D eigenvalue weighted by atomic mass is 10.5. The number of pyridine rings is 1. The van der Waals surface area contributed by atoms with Crippen molar-refractivity contribution in [2.24, 2.45) is 7.05 Å². The molecule has 1 rings (SSSR count). The largest absolute Gasteiger partial charge is 1.00 e. The molecule has 50 valence electrons. The highest BCUT2D eigenvalue weighted by molar-refractivity contribution is 4.85. The normalized spacial score (nSPS) is 8.22. The lowest BCUT2D eigenvalue weighted by Crippen LogP contribution is -3.00. The Morgan fingerprint density at radius 3 is 2.44 bits per heavy atom. The van der Waals surface area contributed by atoms with Gasteiger partial charge in [0.2, 0.25) is 0 Å². The van der Waals surface area contributed by atoms with Crippen molar-refractivity contribution in [3.05, 3.63) is 30.3 Å². The molecule has 0 spiro atoms. The zero-order valence-electron chi connectivity index (χ0n) is 5.01. The molecule has 1 aromatic rings. The Bertz CT molecular complexity index is 167. The summed E-state index contributed by atoms with van der Waals surface area (Å²) < 4.78 is 13.7. The molecule has 0 aliphatic heterocycles. The van der Waals surface area contributed by atoms with E-state index < -0.39 is 0 Å². The van der Waals surface area contributed by atoms with Crippen molar-refractivity contribution in [2.45, 2.75) is 0 Å². The van der Waals surface area contributed by atoms with Crippen LogP contribution >= 0.6 is 0 Å². The average molecular weight is 131 g/mol. The predicted molar refractivity (Wildman–Crippen MR) is 27.6 cm³/mol. The summed E-state index contributed by atoms with van der Waals surface area (Å²) in [6.45, 7) is 0. The molecule has 1 nitrogen and oxygen atoms in total. The number of aryl methyl sites for hydroxylation is 1. The van der Waals surface area contributed by atoms with E-state index in [0.717, 1.165) is 0 Å². The molecular weight excluding hydrogens is 124 g/mol. The summed E-state index contributed by atoms with van der Waals surface area (Å²) in [5, 5.41) is 0. The minimum absolute atomic E-state index is 0. The van der Waals surface area contributed by atoms with Crippen LogP contribution < -0.4 is 9.27 Å². The third-order valence-electron chi connectivity index (χ3n) is 0.991. The summed E-state index contributed by atoms with van der Waals surface area (Å²) in [5.74, 6) is -0.215. The fraction of sp³-hybridized carbons (Fsp3) is 0.167. The molecule has 9 heavy (non-hydrogen) atoms. The highest BCUT2D eigenvalue weighted by atomic mass is 19.1. The lowest BCUT2D eigenvalue weighted by molar-refractivity contribution is -0.700.